The van der Waals surface area contributed by atoms with Crippen LogP contribution in [-0.2, 0) is 0 Å². The van der Waals surface area contributed by atoms with Crippen molar-refractivity contribution >= 4 is 0 Å². The van der Waals surface area contributed by atoms with Gasteiger partial charge in [-0.3, -0.25) is 4.98 Å². The summed E-state index contributed by atoms with van der Waals surface area (Å²) in [4.78, 5) is 4.15. The van der Waals surface area contributed by atoms with Crippen molar-refractivity contribution in [3.8, 4) is 11.5 Å². The van der Waals surface area contributed by atoms with Crippen molar-refractivity contribution in [1.29, 1.82) is 0 Å². The maximum Gasteiger partial charge on any atom is 0.145 e. The SMILES string of the molecule is C[C@H](N)c1ccc(Oc2cccc(F)c2)cn1. The van der Waals surface area contributed by atoms with E-state index in [1.54, 1.807) is 30.5 Å². The molecule has 0 amide bonds. The molecule has 1 atom stereocenters. The van der Waals surface area contributed by atoms with Crippen LogP contribution in [0.4, 0.5) is 4.39 Å². The van der Waals surface area contributed by atoms with Gasteiger partial charge in [0.15, 0.2) is 0 Å². The first-order valence-corrected chi connectivity index (χ1v) is 5.30. The quantitative estimate of drug-likeness (QED) is 0.884. The van der Waals surface area contributed by atoms with Crippen molar-refractivity contribution in [2.45, 2.75) is 13.0 Å². The van der Waals surface area contributed by atoms with Crippen LogP contribution in [-0.4, -0.2) is 4.98 Å². The molecule has 1 heterocycles. The second-order valence-corrected chi connectivity index (χ2v) is 3.77. The van der Waals surface area contributed by atoms with E-state index in [4.69, 9.17) is 10.5 Å². The second kappa shape index (κ2) is 4.93. The first kappa shape index (κ1) is 11.5. The third-order valence-corrected chi connectivity index (χ3v) is 2.26. The van der Waals surface area contributed by atoms with Gasteiger partial charge in [0.2, 0.25) is 0 Å². The molecule has 2 aromatic rings. The normalized spacial score (nSPS) is 12.2. The van der Waals surface area contributed by atoms with Crippen LogP contribution in [0.3, 0.4) is 0 Å². The first-order valence-electron chi connectivity index (χ1n) is 5.30. The molecule has 17 heavy (non-hydrogen) atoms. The van der Waals surface area contributed by atoms with Gasteiger partial charge < -0.3 is 10.5 Å². The molecule has 0 unspecified atom stereocenters. The van der Waals surface area contributed by atoms with Crippen molar-refractivity contribution in [3.05, 3.63) is 54.1 Å². The molecule has 0 aliphatic rings. The Labute approximate surface area is 99.1 Å². The number of pyridine rings is 1. The van der Waals surface area contributed by atoms with Gasteiger partial charge >= 0.3 is 0 Å². The van der Waals surface area contributed by atoms with Gasteiger partial charge in [0.05, 0.1) is 11.9 Å². The minimum Gasteiger partial charge on any atom is -0.456 e. The van der Waals surface area contributed by atoms with Crippen molar-refractivity contribution in [2.75, 3.05) is 0 Å². The fraction of sp³-hybridized carbons (Fsp3) is 0.154. The summed E-state index contributed by atoms with van der Waals surface area (Å²) in [6.45, 7) is 1.86. The molecule has 2 N–H and O–H groups in total. The van der Waals surface area contributed by atoms with E-state index in [1.807, 2.05) is 6.92 Å². The third-order valence-electron chi connectivity index (χ3n) is 2.26. The minimum atomic E-state index is -0.331. The zero-order valence-electron chi connectivity index (χ0n) is 9.43. The van der Waals surface area contributed by atoms with E-state index in [1.165, 1.54) is 12.1 Å². The largest absolute Gasteiger partial charge is 0.456 e. The second-order valence-electron chi connectivity index (χ2n) is 3.77. The minimum absolute atomic E-state index is 0.113. The molecule has 2 rings (SSSR count). The van der Waals surface area contributed by atoms with Gasteiger partial charge in [0.25, 0.3) is 0 Å². The highest BCUT2D eigenvalue weighted by molar-refractivity contribution is 5.30. The molecule has 0 bridgehead atoms. The molecule has 0 radical (unpaired) electrons. The predicted molar refractivity (Wildman–Crippen MR) is 63.3 cm³/mol. The monoisotopic (exact) mass is 232 g/mol. The number of hydrogen-bond donors (Lipinski definition) is 1. The highest BCUT2D eigenvalue weighted by atomic mass is 19.1. The molecule has 4 heteroatoms. The summed E-state index contributed by atoms with van der Waals surface area (Å²) in [6, 6.07) is 9.40. The average Bonchev–Trinajstić information content (AvgIpc) is 2.29. The number of hydrogen-bond acceptors (Lipinski definition) is 3. The van der Waals surface area contributed by atoms with E-state index in [0.717, 1.165) is 5.69 Å². The lowest BCUT2D eigenvalue weighted by Crippen LogP contribution is -2.06. The summed E-state index contributed by atoms with van der Waals surface area (Å²) >= 11 is 0. The number of nitrogens with two attached hydrogens (primary N) is 1. The van der Waals surface area contributed by atoms with Crippen molar-refractivity contribution in [3.63, 3.8) is 0 Å². The molecular formula is C13H13FN2O. The van der Waals surface area contributed by atoms with Gasteiger partial charge in [-0.15, -0.1) is 0 Å². The average molecular weight is 232 g/mol. The highest BCUT2D eigenvalue weighted by Crippen LogP contribution is 2.21. The highest BCUT2D eigenvalue weighted by Gasteiger charge is 2.02. The van der Waals surface area contributed by atoms with Crippen LogP contribution in [0.5, 0.6) is 11.5 Å². The fourth-order valence-corrected chi connectivity index (χ4v) is 1.39. The lowest BCUT2D eigenvalue weighted by atomic mass is 10.2. The Hall–Kier alpha value is -1.94. The number of aromatic nitrogens is 1. The van der Waals surface area contributed by atoms with E-state index in [9.17, 15) is 4.39 Å². The molecule has 0 aliphatic carbocycles. The van der Waals surface area contributed by atoms with Crippen LogP contribution in [0, 0.1) is 5.82 Å². The van der Waals surface area contributed by atoms with Gasteiger partial charge in [-0.25, -0.2) is 4.39 Å². The molecule has 0 saturated carbocycles. The Kier molecular flexibility index (Phi) is 3.35. The van der Waals surface area contributed by atoms with E-state index >= 15 is 0 Å². The number of nitrogens with zero attached hydrogens (tertiary/aromatic N) is 1. The first-order chi connectivity index (χ1) is 8.15. The van der Waals surface area contributed by atoms with E-state index < -0.39 is 0 Å². The summed E-state index contributed by atoms with van der Waals surface area (Å²) in [5, 5.41) is 0. The van der Waals surface area contributed by atoms with Crippen LogP contribution in [0.15, 0.2) is 42.6 Å². The Bertz CT molecular complexity index is 497. The van der Waals surface area contributed by atoms with E-state index in [-0.39, 0.29) is 11.9 Å². The molecular weight excluding hydrogens is 219 g/mol. The van der Waals surface area contributed by atoms with Crippen molar-refractivity contribution in [2.24, 2.45) is 5.73 Å². The Morgan fingerprint density at radius 3 is 2.65 bits per heavy atom. The van der Waals surface area contributed by atoms with Crippen LogP contribution in [0.25, 0.3) is 0 Å². The lowest BCUT2D eigenvalue weighted by Gasteiger charge is -2.07. The van der Waals surface area contributed by atoms with Crippen molar-refractivity contribution in [1.82, 2.24) is 4.98 Å². The van der Waals surface area contributed by atoms with E-state index in [0.29, 0.717) is 11.5 Å². The summed E-state index contributed by atoms with van der Waals surface area (Å²) in [5.74, 6) is 0.669. The van der Waals surface area contributed by atoms with Crippen LogP contribution in [0.2, 0.25) is 0 Å². The van der Waals surface area contributed by atoms with Crippen LogP contribution in [0.1, 0.15) is 18.7 Å². The number of ether oxygens (including phenoxy) is 1. The van der Waals surface area contributed by atoms with Gasteiger partial charge in [0.1, 0.15) is 17.3 Å². The summed E-state index contributed by atoms with van der Waals surface area (Å²) in [5.41, 5.74) is 6.47. The number of halogens is 1. The molecule has 0 spiro atoms. The Balaban J connectivity index is 2.14. The fourth-order valence-electron chi connectivity index (χ4n) is 1.39. The van der Waals surface area contributed by atoms with Crippen LogP contribution >= 0.6 is 0 Å². The van der Waals surface area contributed by atoms with Gasteiger partial charge in [0, 0.05) is 12.1 Å². The molecule has 0 fully saturated rings. The Morgan fingerprint density at radius 1 is 1.24 bits per heavy atom. The standard InChI is InChI=1S/C13H13FN2O/c1-9(15)13-6-5-12(8-16-13)17-11-4-2-3-10(14)7-11/h2-9H,15H2,1H3/t9-/m0/s1. The Morgan fingerprint density at radius 2 is 2.06 bits per heavy atom. The topological polar surface area (TPSA) is 48.1 Å². The zero-order chi connectivity index (χ0) is 12.3. The zero-order valence-corrected chi connectivity index (χ0v) is 9.43. The van der Waals surface area contributed by atoms with Gasteiger partial charge in [-0.2, -0.15) is 0 Å². The van der Waals surface area contributed by atoms with Gasteiger partial charge in [-0.1, -0.05) is 6.07 Å². The summed E-state index contributed by atoms with van der Waals surface area (Å²) in [7, 11) is 0. The molecule has 1 aromatic heterocycles. The van der Waals surface area contributed by atoms with Crippen molar-refractivity contribution < 1.29 is 9.13 Å². The maximum atomic E-state index is 12.9. The summed E-state index contributed by atoms with van der Waals surface area (Å²) < 4.78 is 18.4. The molecule has 0 saturated heterocycles. The maximum absolute atomic E-state index is 12.9. The molecule has 88 valence electrons. The molecule has 3 nitrogen and oxygen atoms in total. The smallest absolute Gasteiger partial charge is 0.145 e. The van der Waals surface area contributed by atoms with Gasteiger partial charge in [-0.05, 0) is 31.2 Å². The molecule has 0 aliphatic heterocycles. The number of rotatable bonds is 3. The molecule has 1 aromatic carbocycles. The van der Waals surface area contributed by atoms with E-state index in [2.05, 4.69) is 4.98 Å². The summed E-state index contributed by atoms with van der Waals surface area (Å²) in [6.07, 6.45) is 1.57. The predicted octanol–water partition coefficient (Wildman–Crippen LogP) is 3.03. The van der Waals surface area contributed by atoms with Crippen LogP contribution < -0.4 is 10.5 Å². The third kappa shape index (κ3) is 3.01. The number of benzene rings is 1. The lowest BCUT2D eigenvalue weighted by molar-refractivity contribution is 0.473.